The fourth-order valence-electron chi connectivity index (χ4n) is 4.12. The van der Waals surface area contributed by atoms with Crippen LogP contribution in [0.2, 0.25) is 0 Å². The second-order valence-corrected chi connectivity index (χ2v) is 13.4. The van der Waals surface area contributed by atoms with Gasteiger partial charge in [0, 0.05) is 17.6 Å². The minimum atomic E-state index is -2.26. The lowest BCUT2D eigenvalue weighted by molar-refractivity contribution is -0.121. The van der Waals surface area contributed by atoms with Crippen molar-refractivity contribution in [1.29, 1.82) is 0 Å². The maximum atomic E-state index is 12.1. The summed E-state index contributed by atoms with van der Waals surface area (Å²) in [6, 6.07) is 20.2. The molecule has 1 aliphatic rings. The molecule has 3 aromatic rings. The van der Waals surface area contributed by atoms with Gasteiger partial charge in [-0.25, -0.2) is 0 Å². The second-order valence-electron chi connectivity index (χ2n) is 9.55. The van der Waals surface area contributed by atoms with Gasteiger partial charge in [0.15, 0.2) is 0 Å². The van der Waals surface area contributed by atoms with Crippen LogP contribution in [-0.4, -0.2) is 40.7 Å². The molecule has 1 fully saturated rings. The van der Waals surface area contributed by atoms with Crippen molar-refractivity contribution in [1.82, 2.24) is 5.32 Å². The van der Waals surface area contributed by atoms with Crippen LogP contribution >= 0.6 is 11.8 Å². The number of benzene rings is 3. The summed E-state index contributed by atoms with van der Waals surface area (Å²) in [6.45, 7) is 4.83. The van der Waals surface area contributed by atoms with Crippen molar-refractivity contribution in [2.75, 3.05) is 19.5 Å². The molecule has 3 aromatic carbocycles. The molecule has 7 nitrogen and oxygen atoms in total. The van der Waals surface area contributed by atoms with Gasteiger partial charge >= 0.3 is 0 Å². The van der Waals surface area contributed by atoms with Crippen molar-refractivity contribution in [2.24, 2.45) is 0 Å². The summed E-state index contributed by atoms with van der Waals surface area (Å²) in [7, 11) is -2.26. The summed E-state index contributed by atoms with van der Waals surface area (Å²) in [5, 5.41) is 2.00. The number of nitrogens with one attached hydrogen (secondary N) is 1. The van der Waals surface area contributed by atoms with Gasteiger partial charge in [-0.3, -0.25) is 19.1 Å². The minimum absolute atomic E-state index is 0.303. The fourth-order valence-corrected chi connectivity index (χ4v) is 5.74. The van der Waals surface area contributed by atoms with Crippen LogP contribution in [0.3, 0.4) is 0 Å². The smallest absolute Gasteiger partial charge is 0.287 e. The molecule has 1 heterocycles. The highest BCUT2D eigenvalue weighted by Crippen LogP contribution is 2.41. The number of thioether (sulfide) groups is 1. The normalized spacial score (nSPS) is 18.3. The number of ether oxygens (including phenoxy) is 3. The van der Waals surface area contributed by atoms with E-state index in [1.165, 1.54) is 0 Å². The lowest BCUT2D eigenvalue weighted by Crippen LogP contribution is -2.31. The lowest BCUT2D eigenvalue weighted by atomic mass is 9.99. The third-order valence-electron chi connectivity index (χ3n) is 6.28. The molecule has 1 saturated heterocycles. The van der Waals surface area contributed by atoms with Crippen LogP contribution in [0, 0.1) is 0 Å². The Bertz CT molecular complexity index is 1440. The van der Waals surface area contributed by atoms with E-state index in [9.17, 15) is 13.8 Å². The molecule has 2 amide bonds. The zero-order valence-electron chi connectivity index (χ0n) is 22.4. The van der Waals surface area contributed by atoms with Crippen LogP contribution < -0.4 is 19.5 Å². The van der Waals surface area contributed by atoms with Crippen molar-refractivity contribution in [3.05, 3.63) is 77.9 Å². The molecule has 0 spiro atoms. The molecule has 2 unspecified atom stereocenters. The highest BCUT2D eigenvalue weighted by molar-refractivity contribution is 8.15. The number of amides is 2. The number of carbonyl (C=O) groups excluding carboxylic acids is 2. The van der Waals surface area contributed by atoms with Gasteiger partial charge in [0.1, 0.15) is 27.7 Å². The average molecular weight is 568 g/mol. The summed E-state index contributed by atoms with van der Waals surface area (Å²) >= 11 is 0.988. The molecule has 2 atom stereocenters. The zero-order chi connectivity index (χ0) is 28.0. The molecule has 9 heteroatoms. The number of imide groups is 1. The summed E-state index contributed by atoms with van der Waals surface area (Å²) in [4.78, 5) is 24.4. The quantitative estimate of drug-likeness (QED) is 0.206. The first-order valence-electron chi connectivity index (χ1n) is 12.7. The summed E-state index contributed by atoms with van der Waals surface area (Å²) in [6.07, 6.45) is 4.13. The van der Waals surface area contributed by atoms with Crippen molar-refractivity contribution in [3.8, 4) is 23.0 Å². The number of rotatable bonds is 12. The molecule has 0 radical (unpaired) electrons. The van der Waals surface area contributed by atoms with Gasteiger partial charge in [-0.15, -0.1) is 0 Å². The van der Waals surface area contributed by atoms with Crippen LogP contribution in [0.15, 0.2) is 71.6 Å². The van der Waals surface area contributed by atoms with Crippen LogP contribution in [0.4, 0.5) is 4.79 Å². The number of hydrogen-bond donors (Lipinski definition) is 1. The van der Waals surface area contributed by atoms with E-state index in [0.29, 0.717) is 41.8 Å². The molecule has 206 valence electrons. The lowest BCUT2D eigenvalue weighted by Gasteiger charge is -2.19. The van der Waals surface area contributed by atoms with Crippen LogP contribution in [-0.2, 0) is 25.5 Å². The van der Waals surface area contributed by atoms with Crippen molar-refractivity contribution in [2.45, 2.75) is 42.8 Å². The second kappa shape index (κ2) is 12.2. The van der Waals surface area contributed by atoms with E-state index >= 15 is 0 Å². The fraction of sp³-hybridized carbons (Fsp3) is 0.300. The Hall–Kier alpha value is -3.43. The maximum Gasteiger partial charge on any atom is 0.287 e. The molecule has 0 saturated carbocycles. The first kappa shape index (κ1) is 28.6. The van der Waals surface area contributed by atoms with E-state index in [-0.39, 0.29) is 11.1 Å². The predicted molar refractivity (Wildman–Crippen MR) is 157 cm³/mol. The van der Waals surface area contributed by atoms with E-state index in [0.717, 1.165) is 41.5 Å². The Balaban J connectivity index is 1.28. The van der Waals surface area contributed by atoms with Crippen molar-refractivity contribution in [3.63, 3.8) is 0 Å². The Morgan fingerprint density at radius 1 is 0.923 bits per heavy atom. The van der Waals surface area contributed by atoms with Gasteiger partial charge in [-0.05, 0) is 106 Å². The summed E-state index contributed by atoms with van der Waals surface area (Å²) in [5.41, 5.74) is 1.82. The molecule has 39 heavy (non-hydrogen) atoms. The topological polar surface area (TPSA) is 90.9 Å². The molecular formula is C30H33NO6S2. The molecule has 1 N–H and O–H groups in total. The number of carbonyl (C=O) groups is 2. The standard InChI is InChI=1S/C30H33NO6S2/c1-5-7-21-20-25(37-24-12-15-26(16-13-24)39(3,4)34)14-17-27(21)36-19-6-18-35-23-10-8-22(9-11-23)30(2)28(32)31-29(33)38-30/h8-17,20H,3,5-7,18-19H2,1-2,4H3,(H,31,32,33). The third kappa shape index (κ3) is 7.16. The highest BCUT2D eigenvalue weighted by Gasteiger charge is 2.45. The van der Waals surface area contributed by atoms with Gasteiger partial charge in [0.25, 0.3) is 5.24 Å². The number of aryl methyl sites for hydroxylation is 1. The van der Waals surface area contributed by atoms with E-state index in [1.807, 2.05) is 42.5 Å². The van der Waals surface area contributed by atoms with E-state index in [4.69, 9.17) is 14.2 Å². The Morgan fingerprint density at radius 2 is 1.56 bits per heavy atom. The first-order valence-corrected chi connectivity index (χ1v) is 15.7. The van der Waals surface area contributed by atoms with Crippen molar-refractivity contribution >= 4 is 38.3 Å². The van der Waals surface area contributed by atoms with E-state index in [1.54, 1.807) is 37.4 Å². The average Bonchev–Trinajstić information content (AvgIpc) is 3.17. The predicted octanol–water partition coefficient (Wildman–Crippen LogP) is 6.18. The van der Waals surface area contributed by atoms with Gasteiger partial charge in [-0.1, -0.05) is 25.5 Å². The molecule has 0 bridgehead atoms. The SMILES string of the molecule is C=S(C)(=O)c1ccc(Oc2ccc(OCCCOc3ccc(C4(C)SC(=O)NC4=O)cc3)c(CCC)c2)cc1. The van der Waals surface area contributed by atoms with Crippen LogP contribution in [0.5, 0.6) is 23.0 Å². The largest absolute Gasteiger partial charge is 0.493 e. The Kier molecular flexibility index (Phi) is 8.92. The van der Waals surface area contributed by atoms with Gasteiger partial charge in [0.2, 0.25) is 5.91 Å². The molecule has 0 aliphatic carbocycles. The van der Waals surface area contributed by atoms with Crippen LogP contribution in [0.1, 0.15) is 37.8 Å². The molecule has 4 rings (SSSR count). The highest BCUT2D eigenvalue weighted by atomic mass is 32.2. The summed E-state index contributed by atoms with van der Waals surface area (Å²) < 4.78 is 29.1. The van der Waals surface area contributed by atoms with E-state index in [2.05, 4.69) is 18.1 Å². The molecular weight excluding hydrogens is 534 g/mol. The monoisotopic (exact) mass is 567 g/mol. The van der Waals surface area contributed by atoms with Gasteiger partial charge in [-0.2, -0.15) is 0 Å². The van der Waals surface area contributed by atoms with Crippen molar-refractivity contribution < 1.29 is 28.0 Å². The number of hydrogen-bond acceptors (Lipinski definition) is 7. The first-order chi connectivity index (χ1) is 18.6. The maximum absolute atomic E-state index is 12.1. The van der Waals surface area contributed by atoms with Crippen LogP contribution in [0.25, 0.3) is 0 Å². The van der Waals surface area contributed by atoms with E-state index < -0.39 is 14.3 Å². The van der Waals surface area contributed by atoms with Gasteiger partial charge in [0.05, 0.1) is 13.2 Å². The van der Waals surface area contributed by atoms with Gasteiger partial charge < -0.3 is 14.2 Å². The molecule has 1 aliphatic heterocycles. The zero-order valence-corrected chi connectivity index (χ0v) is 24.0. The minimum Gasteiger partial charge on any atom is -0.493 e. The molecule has 0 aromatic heterocycles. The summed E-state index contributed by atoms with van der Waals surface area (Å²) in [5.74, 6) is 6.30. The Morgan fingerprint density at radius 3 is 2.18 bits per heavy atom. The third-order valence-corrected chi connectivity index (χ3v) is 8.66. The Labute approximate surface area is 234 Å².